The van der Waals surface area contributed by atoms with Crippen molar-refractivity contribution >= 4 is 11.8 Å². The van der Waals surface area contributed by atoms with E-state index >= 15 is 0 Å². The first-order valence-corrected chi connectivity index (χ1v) is 9.51. The number of hydrogen-bond donors (Lipinski definition) is 0. The van der Waals surface area contributed by atoms with Gasteiger partial charge in [-0.05, 0) is 56.4 Å². The number of carbonyl (C=O) groups is 2. The Hall–Kier alpha value is -2.04. The molecule has 2 amide bonds. The van der Waals surface area contributed by atoms with Gasteiger partial charge in [-0.15, -0.1) is 0 Å². The van der Waals surface area contributed by atoms with Crippen LogP contribution in [0.3, 0.4) is 0 Å². The fourth-order valence-electron chi connectivity index (χ4n) is 3.65. The summed E-state index contributed by atoms with van der Waals surface area (Å²) in [4.78, 5) is 28.3. The first-order valence-electron chi connectivity index (χ1n) is 9.51. The summed E-state index contributed by atoms with van der Waals surface area (Å²) >= 11 is 0. The van der Waals surface area contributed by atoms with Gasteiger partial charge in [-0.2, -0.15) is 0 Å². The third-order valence-electron chi connectivity index (χ3n) is 5.14. The molecule has 5 nitrogen and oxygen atoms in total. The molecule has 1 heterocycles. The minimum atomic E-state index is 0.0400. The summed E-state index contributed by atoms with van der Waals surface area (Å²) in [5, 5.41) is 0. The highest BCUT2D eigenvalue weighted by Gasteiger charge is 2.22. The summed E-state index contributed by atoms with van der Waals surface area (Å²) in [6, 6.07) is 7.51. The van der Waals surface area contributed by atoms with Crippen molar-refractivity contribution in [3.05, 3.63) is 29.8 Å². The molecule has 25 heavy (non-hydrogen) atoms. The summed E-state index contributed by atoms with van der Waals surface area (Å²) < 4.78 is 5.96. The molecule has 0 aromatic heterocycles. The summed E-state index contributed by atoms with van der Waals surface area (Å²) in [7, 11) is 0. The van der Waals surface area contributed by atoms with Gasteiger partial charge in [0.1, 0.15) is 5.75 Å². The van der Waals surface area contributed by atoms with E-state index in [1.165, 1.54) is 12.8 Å². The van der Waals surface area contributed by atoms with Crippen molar-refractivity contribution in [2.24, 2.45) is 0 Å². The van der Waals surface area contributed by atoms with Crippen LogP contribution < -0.4 is 4.74 Å². The average Bonchev–Trinajstić information content (AvgIpc) is 3.02. The highest BCUT2D eigenvalue weighted by Crippen LogP contribution is 2.24. The van der Waals surface area contributed by atoms with Crippen LogP contribution in [0.4, 0.5) is 0 Å². The summed E-state index contributed by atoms with van der Waals surface area (Å²) in [5.74, 6) is 1.06. The van der Waals surface area contributed by atoms with Crippen LogP contribution >= 0.6 is 0 Å². The molecule has 3 rings (SSSR count). The molecule has 1 saturated carbocycles. The fourth-order valence-corrected chi connectivity index (χ4v) is 3.65. The Bertz CT molecular complexity index is 593. The lowest BCUT2D eigenvalue weighted by molar-refractivity contribution is -0.130. The van der Waals surface area contributed by atoms with Crippen molar-refractivity contribution in [2.45, 2.75) is 51.6 Å². The normalized spacial score (nSPS) is 18.9. The molecule has 5 heteroatoms. The number of rotatable bonds is 4. The van der Waals surface area contributed by atoms with Gasteiger partial charge in [0.15, 0.2) is 0 Å². The lowest BCUT2D eigenvalue weighted by atomic mass is 10.2. The smallest absolute Gasteiger partial charge is 0.253 e. The summed E-state index contributed by atoms with van der Waals surface area (Å²) in [6.07, 6.45) is 6.43. The van der Waals surface area contributed by atoms with Gasteiger partial charge in [-0.1, -0.05) is 6.92 Å². The lowest BCUT2D eigenvalue weighted by Crippen LogP contribution is -2.37. The van der Waals surface area contributed by atoms with E-state index in [1.54, 1.807) is 0 Å². The van der Waals surface area contributed by atoms with E-state index in [4.69, 9.17) is 4.74 Å². The molecule has 0 bridgehead atoms. The molecular formula is C20H28N2O3. The maximum atomic E-state index is 12.7. The number of carbonyl (C=O) groups excluding carboxylic acids is 2. The van der Waals surface area contributed by atoms with E-state index in [-0.39, 0.29) is 11.8 Å². The standard InChI is InChI=1S/C20H28N2O3/c1-2-19(23)21-12-5-13-22(15-14-21)20(24)16-8-10-18(11-9-16)25-17-6-3-4-7-17/h8-11,17H,2-7,12-15H2,1H3. The molecule has 1 aliphatic carbocycles. The van der Waals surface area contributed by atoms with Crippen molar-refractivity contribution in [3.8, 4) is 5.75 Å². The Labute approximate surface area is 149 Å². The molecule has 0 unspecified atom stereocenters. The van der Waals surface area contributed by atoms with E-state index in [2.05, 4.69) is 0 Å². The van der Waals surface area contributed by atoms with E-state index in [1.807, 2.05) is 41.0 Å². The Morgan fingerprint density at radius 2 is 1.60 bits per heavy atom. The lowest BCUT2D eigenvalue weighted by Gasteiger charge is -2.22. The van der Waals surface area contributed by atoms with Crippen molar-refractivity contribution in [3.63, 3.8) is 0 Å². The van der Waals surface area contributed by atoms with Gasteiger partial charge in [-0.3, -0.25) is 9.59 Å². The number of benzene rings is 1. The second-order valence-corrected chi connectivity index (χ2v) is 6.93. The topological polar surface area (TPSA) is 49.9 Å². The average molecular weight is 344 g/mol. The highest BCUT2D eigenvalue weighted by molar-refractivity contribution is 5.94. The van der Waals surface area contributed by atoms with Crippen LogP contribution in [0.5, 0.6) is 5.75 Å². The minimum Gasteiger partial charge on any atom is -0.490 e. The van der Waals surface area contributed by atoms with Crippen LogP contribution in [0.25, 0.3) is 0 Å². The molecule has 1 aliphatic heterocycles. The number of amides is 2. The van der Waals surface area contributed by atoms with Gasteiger partial charge in [0.25, 0.3) is 5.91 Å². The van der Waals surface area contributed by atoms with Crippen molar-refractivity contribution in [2.75, 3.05) is 26.2 Å². The second-order valence-electron chi connectivity index (χ2n) is 6.93. The Morgan fingerprint density at radius 1 is 0.960 bits per heavy atom. The number of hydrogen-bond acceptors (Lipinski definition) is 3. The molecule has 0 spiro atoms. The molecule has 0 atom stereocenters. The van der Waals surface area contributed by atoms with Crippen LogP contribution in [0.2, 0.25) is 0 Å². The van der Waals surface area contributed by atoms with E-state index in [0.717, 1.165) is 31.6 Å². The van der Waals surface area contributed by atoms with Crippen molar-refractivity contribution < 1.29 is 14.3 Å². The molecule has 1 aromatic rings. The van der Waals surface area contributed by atoms with Crippen LogP contribution in [-0.2, 0) is 4.79 Å². The third-order valence-corrected chi connectivity index (χ3v) is 5.14. The first kappa shape index (κ1) is 17.8. The maximum absolute atomic E-state index is 12.7. The minimum absolute atomic E-state index is 0.0400. The van der Waals surface area contributed by atoms with Crippen LogP contribution in [-0.4, -0.2) is 53.9 Å². The zero-order valence-electron chi connectivity index (χ0n) is 15.1. The van der Waals surface area contributed by atoms with Crippen molar-refractivity contribution in [1.82, 2.24) is 9.80 Å². The quantitative estimate of drug-likeness (QED) is 0.843. The highest BCUT2D eigenvalue weighted by atomic mass is 16.5. The summed E-state index contributed by atoms with van der Waals surface area (Å²) in [6.45, 7) is 4.55. The maximum Gasteiger partial charge on any atom is 0.253 e. The molecule has 2 aliphatic rings. The van der Waals surface area contributed by atoms with Gasteiger partial charge in [0, 0.05) is 38.2 Å². The predicted octanol–water partition coefficient (Wildman–Crippen LogP) is 3.09. The molecule has 2 fully saturated rings. The van der Waals surface area contributed by atoms with Crippen LogP contribution in [0.15, 0.2) is 24.3 Å². The number of ether oxygens (including phenoxy) is 1. The molecule has 0 N–H and O–H groups in total. The monoisotopic (exact) mass is 344 g/mol. The number of nitrogens with zero attached hydrogens (tertiary/aromatic N) is 2. The molecule has 0 radical (unpaired) electrons. The van der Waals surface area contributed by atoms with Crippen LogP contribution in [0, 0.1) is 0 Å². The summed E-state index contributed by atoms with van der Waals surface area (Å²) in [5.41, 5.74) is 0.689. The third kappa shape index (κ3) is 4.53. The van der Waals surface area contributed by atoms with Gasteiger partial charge >= 0.3 is 0 Å². The second kappa shape index (κ2) is 8.37. The van der Waals surface area contributed by atoms with Gasteiger partial charge in [0.05, 0.1) is 6.10 Å². The van der Waals surface area contributed by atoms with Gasteiger partial charge < -0.3 is 14.5 Å². The fraction of sp³-hybridized carbons (Fsp3) is 0.600. The molecule has 136 valence electrons. The predicted molar refractivity (Wildman–Crippen MR) is 96.7 cm³/mol. The zero-order valence-corrected chi connectivity index (χ0v) is 15.1. The van der Waals surface area contributed by atoms with Crippen LogP contribution in [0.1, 0.15) is 55.8 Å². The molecular weight excluding hydrogens is 316 g/mol. The van der Waals surface area contributed by atoms with Gasteiger partial charge in [-0.25, -0.2) is 0 Å². The van der Waals surface area contributed by atoms with Gasteiger partial charge in [0.2, 0.25) is 5.91 Å². The van der Waals surface area contributed by atoms with E-state index < -0.39 is 0 Å². The first-order chi connectivity index (χ1) is 12.2. The van der Waals surface area contributed by atoms with E-state index in [9.17, 15) is 9.59 Å². The molecule has 1 aromatic carbocycles. The van der Waals surface area contributed by atoms with Crippen molar-refractivity contribution in [1.29, 1.82) is 0 Å². The zero-order chi connectivity index (χ0) is 17.6. The largest absolute Gasteiger partial charge is 0.490 e. The Kier molecular flexibility index (Phi) is 5.95. The Morgan fingerprint density at radius 3 is 2.28 bits per heavy atom. The van der Waals surface area contributed by atoms with E-state index in [0.29, 0.717) is 37.7 Å². The molecule has 1 saturated heterocycles. The Balaban J connectivity index is 1.57. The SMILES string of the molecule is CCC(=O)N1CCCN(C(=O)c2ccc(OC3CCCC3)cc2)CC1.